The van der Waals surface area contributed by atoms with Crippen LogP contribution in [0.3, 0.4) is 0 Å². The molecule has 1 N–H and O–H groups in total. The second-order valence-electron chi connectivity index (χ2n) is 4.90. The van der Waals surface area contributed by atoms with E-state index in [0.717, 1.165) is 17.6 Å². The molecule has 1 amide bonds. The van der Waals surface area contributed by atoms with Crippen LogP contribution in [0.1, 0.15) is 23.7 Å². The van der Waals surface area contributed by atoms with Gasteiger partial charge in [0.2, 0.25) is 0 Å². The van der Waals surface area contributed by atoms with Gasteiger partial charge in [0, 0.05) is 29.6 Å². The first-order valence-electron chi connectivity index (χ1n) is 6.63. The standard InChI is InChI=1S/C16H16N2O2/c1-3-6-14-15-12(9-10-18(14)16(19)20-2)11-7-4-5-8-13(11)17-15/h1,4-5,7-8,14,17H,6,9-10H2,2H3/t14-/m0/s1. The average molecular weight is 268 g/mol. The number of para-hydroxylation sites is 1. The highest BCUT2D eigenvalue weighted by Gasteiger charge is 2.33. The number of nitrogens with zero attached hydrogens (tertiary/aromatic N) is 1. The topological polar surface area (TPSA) is 45.3 Å². The lowest BCUT2D eigenvalue weighted by atomic mass is 9.96. The van der Waals surface area contributed by atoms with Gasteiger partial charge in [-0.2, -0.15) is 0 Å². The van der Waals surface area contributed by atoms with Crippen molar-refractivity contribution in [3.63, 3.8) is 0 Å². The number of hydrogen-bond donors (Lipinski definition) is 1. The molecule has 0 saturated heterocycles. The minimum absolute atomic E-state index is 0.136. The second kappa shape index (κ2) is 4.93. The number of fused-ring (bicyclic) bond motifs is 3. The fourth-order valence-electron chi connectivity index (χ4n) is 2.98. The fourth-order valence-corrected chi connectivity index (χ4v) is 2.98. The molecule has 0 saturated carbocycles. The smallest absolute Gasteiger partial charge is 0.410 e. The van der Waals surface area contributed by atoms with Crippen LogP contribution in [0.5, 0.6) is 0 Å². The summed E-state index contributed by atoms with van der Waals surface area (Å²) in [6.45, 7) is 0.633. The molecule has 0 radical (unpaired) electrons. The summed E-state index contributed by atoms with van der Waals surface area (Å²) in [5.41, 5.74) is 3.40. The van der Waals surface area contributed by atoms with Crippen molar-refractivity contribution in [1.82, 2.24) is 9.88 Å². The van der Waals surface area contributed by atoms with Gasteiger partial charge >= 0.3 is 6.09 Å². The molecule has 3 rings (SSSR count). The molecule has 1 aliphatic rings. The van der Waals surface area contributed by atoms with Crippen molar-refractivity contribution in [1.29, 1.82) is 0 Å². The van der Waals surface area contributed by atoms with Gasteiger partial charge in [-0.05, 0) is 18.1 Å². The van der Waals surface area contributed by atoms with Gasteiger partial charge in [-0.25, -0.2) is 4.79 Å². The maximum absolute atomic E-state index is 11.9. The van der Waals surface area contributed by atoms with Gasteiger partial charge in [-0.3, -0.25) is 4.90 Å². The number of aromatic amines is 1. The van der Waals surface area contributed by atoms with E-state index in [0.29, 0.717) is 13.0 Å². The van der Waals surface area contributed by atoms with Crippen molar-refractivity contribution in [2.24, 2.45) is 0 Å². The lowest BCUT2D eigenvalue weighted by molar-refractivity contribution is 0.101. The van der Waals surface area contributed by atoms with Crippen LogP contribution in [0.15, 0.2) is 24.3 Å². The van der Waals surface area contributed by atoms with Gasteiger partial charge in [0.05, 0.1) is 13.2 Å². The molecule has 1 aromatic carbocycles. The highest BCUT2D eigenvalue weighted by atomic mass is 16.5. The Labute approximate surface area is 117 Å². The van der Waals surface area contributed by atoms with Gasteiger partial charge in [-0.15, -0.1) is 12.3 Å². The van der Waals surface area contributed by atoms with Crippen LogP contribution >= 0.6 is 0 Å². The number of amides is 1. The molecule has 2 aromatic rings. The molecule has 0 fully saturated rings. The monoisotopic (exact) mass is 268 g/mol. The Bertz CT molecular complexity index is 696. The third-order valence-corrected chi connectivity index (χ3v) is 3.88. The third-order valence-electron chi connectivity index (χ3n) is 3.88. The predicted molar refractivity (Wildman–Crippen MR) is 77.3 cm³/mol. The van der Waals surface area contributed by atoms with Crippen molar-refractivity contribution in [2.45, 2.75) is 18.9 Å². The van der Waals surface area contributed by atoms with E-state index in [2.05, 4.69) is 17.0 Å². The second-order valence-corrected chi connectivity index (χ2v) is 4.90. The van der Waals surface area contributed by atoms with Gasteiger partial charge in [0.15, 0.2) is 0 Å². The highest BCUT2D eigenvalue weighted by Crippen LogP contribution is 2.36. The van der Waals surface area contributed by atoms with Crippen molar-refractivity contribution >= 4 is 17.0 Å². The van der Waals surface area contributed by atoms with Gasteiger partial charge in [0.1, 0.15) is 0 Å². The summed E-state index contributed by atoms with van der Waals surface area (Å²) in [4.78, 5) is 17.0. The Morgan fingerprint density at radius 1 is 1.55 bits per heavy atom. The average Bonchev–Trinajstić information content (AvgIpc) is 2.86. The highest BCUT2D eigenvalue weighted by molar-refractivity contribution is 5.85. The molecule has 4 heteroatoms. The van der Waals surface area contributed by atoms with E-state index in [1.165, 1.54) is 18.1 Å². The van der Waals surface area contributed by atoms with Crippen LogP contribution in [0.25, 0.3) is 10.9 Å². The number of methoxy groups -OCH3 is 1. The first kappa shape index (κ1) is 12.6. The Morgan fingerprint density at radius 2 is 2.35 bits per heavy atom. The van der Waals surface area contributed by atoms with Crippen molar-refractivity contribution in [3.8, 4) is 12.3 Å². The summed E-state index contributed by atoms with van der Waals surface area (Å²) in [6, 6.07) is 8.04. The zero-order valence-electron chi connectivity index (χ0n) is 11.3. The number of nitrogens with one attached hydrogen (secondary N) is 1. The number of ether oxygens (including phenoxy) is 1. The van der Waals surface area contributed by atoms with E-state index in [4.69, 9.17) is 11.2 Å². The number of rotatable bonds is 1. The van der Waals surface area contributed by atoms with Crippen molar-refractivity contribution in [2.75, 3.05) is 13.7 Å². The maximum atomic E-state index is 11.9. The molecule has 1 aromatic heterocycles. The zero-order chi connectivity index (χ0) is 14.1. The molecule has 2 heterocycles. The van der Waals surface area contributed by atoms with Crippen LogP contribution < -0.4 is 0 Å². The molecule has 1 aliphatic heterocycles. The molecular weight excluding hydrogens is 252 g/mol. The molecule has 0 unspecified atom stereocenters. The predicted octanol–water partition coefficient (Wildman–Crippen LogP) is 2.86. The summed E-state index contributed by atoms with van der Waals surface area (Å²) >= 11 is 0. The number of carbonyl (C=O) groups is 1. The number of hydrogen-bond acceptors (Lipinski definition) is 2. The Balaban J connectivity index is 2.11. The van der Waals surface area contributed by atoms with Crippen LogP contribution in [-0.4, -0.2) is 29.6 Å². The quantitative estimate of drug-likeness (QED) is 0.808. The van der Waals surface area contributed by atoms with E-state index in [1.54, 1.807) is 4.90 Å². The van der Waals surface area contributed by atoms with Gasteiger partial charge in [0.25, 0.3) is 0 Å². The van der Waals surface area contributed by atoms with Crippen LogP contribution in [0.4, 0.5) is 4.79 Å². The SMILES string of the molecule is C#CC[C@H]1c2[nH]c3ccccc3c2CCN1C(=O)OC. The minimum atomic E-state index is -0.324. The lowest BCUT2D eigenvalue weighted by Crippen LogP contribution is -2.39. The first-order valence-corrected chi connectivity index (χ1v) is 6.63. The number of carbonyl (C=O) groups excluding carboxylic acids is 1. The minimum Gasteiger partial charge on any atom is -0.453 e. The molecule has 0 aliphatic carbocycles. The summed E-state index contributed by atoms with van der Waals surface area (Å²) in [5.74, 6) is 2.66. The molecular formula is C16H16N2O2. The molecule has 20 heavy (non-hydrogen) atoms. The molecule has 102 valence electrons. The van der Waals surface area contributed by atoms with Crippen LogP contribution in [0.2, 0.25) is 0 Å². The van der Waals surface area contributed by atoms with E-state index < -0.39 is 0 Å². The Kier molecular flexibility index (Phi) is 3.11. The zero-order valence-corrected chi connectivity index (χ0v) is 11.3. The van der Waals surface area contributed by atoms with E-state index in [1.807, 2.05) is 18.2 Å². The van der Waals surface area contributed by atoms with Crippen molar-refractivity contribution < 1.29 is 9.53 Å². The normalized spacial score (nSPS) is 17.6. The molecule has 1 atom stereocenters. The number of benzene rings is 1. The number of aromatic nitrogens is 1. The van der Waals surface area contributed by atoms with Gasteiger partial charge < -0.3 is 9.72 Å². The summed E-state index contributed by atoms with van der Waals surface area (Å²) in [6.07, 6.45) is 6.44. The fraction of sp³-hybridized carbons (Fsp3) is 0.312. The summed E-state index contributed by atoms with van der Waals surface area (Å²) < 4.78 is 4.86. The third kappa shape index (κ3) is 1.83. The van der Waals surface area contributed by atoms with E-state index >= 15 is 0 Å². The van der Waals surface area contributed by atoms with Crippen LogP contribution in [0, 0.1) is 12.3 Å². The lowest BCUT2D eigenvalue weighted by Gasteiger charge is -2.33. The number of H-pyrrole nitrogens is 1. The van der Waals surface area contributed by atoms with E-state index in [-0.39, 0.29) is 12.1 Å². The Morgan fingerprint density at radius 3 is 3.10 bits per heavy atom. The Hall–Kier alpha value is -2.41. The van der Waals surface area contributed by atoms with Gasteiger partial charge in [-0.1, -0.05) is 18.2 Å². The van der Waals surface area contributed by atoms with Crippen LogP contribution in [-0.2, 0) is 11.2 Å². The summed E-state index contributed by atoms with van der Waals surface area (Å²) in [7, 11) is 1.40. The first-order chi connectivity index (χ1) is 9.76. The molecule has 4 nitrogen and oxygen atoms in total. The molecule has 0 bridgehead atoms. The number of terminal acetylenes is 1. The van der Waals surface area contributed by atoms with Crippen molar-refractivity contribution in [3.05, 3.63) is 35.5 Å². The summed E-state index contributed by atoms with van der Waals surface area (Å²) in [5, 5.41) is 1.22. The largest absolute Gasteiger partial charge is 0.453 e. The maximum Gasteiger partial charge on any atom is 0.410 e. The molecule has 0 spiro atoms. The van der Waals surface area contributed by atoms with E-state index in [9.17, 15) is 4.79 Å².